The molecular formula is C10H8F6N4O6S. The van der Waals surface area contributed by atoms with Crippen LogP contribution >= 0.6 is 0 Å². The van der Waals surface area contributed by atoms with Crippen molar-refractivity contribution < 1.29 is 53.8 Å². The van der Waals surface area contributed by atoms with Crippen LogP contribution in [-0.2, 0) is 17.2 Å². The lowest BCUT2D eigenvalue weighted by molar-refractivity contribution is -0.713. The molecule has 0 amide bonds. The van der Waals surface area contributed by atoms with E-state index in [1.54, 1.807) is 0 Å². The molecule has 0 spiro atoms. The summed E-state index contributed by atoms with van der Waals surface area (Å²) in [6.07, 6.45) is -4.94. The summed E-state index contributed by atoms with van der Waals surface area (Å²) in [7, 11) is -4.80. The summed E-state index contributed by atoms with van der Waals surface area (Å²) in [5.41, 5.74) is -5.75. The quantitative estimate of drug-likeness (QED) is 0.175. The van der Waals surface area contributed by atoms with Crippen molar-refractivity contribution in [2.24, 2.45) is 7.05 Å². The number of hydrogen-bond acceptors (Lipinski definition) is 7. The molecule has 0 atom stereocenters. The van der Waals surface area contributed by atoms with E-state index in [0.717, 1.165) is 4.68 Å². The van der Waals surface area contributed by atoms with Crippen molar-refractivity contribution in [1.82, 2.24) is 10.1 Å². The molecule has 1 aromatic heterocycles. The van der Waals surface area contributed by atoms with Gasteiger partial charge in [-0.05, 0) is 18.6 Å². The molecule has 1 aromatic carbocycles. The van der Waals surface area contributed by atoms with Gasteiger partial charge in [0.25, 0.3) is 11.0 Å². The zero-order valence-corrected chi connectivity index (χ0v) is 13.9. The van der Waals surface area contributed by atoms with Gasteiger partial charge in [-0.2, -0.15) is 13.2 Å². The lowest BCUT2D eigenvalue weighted by Gasteiger charge is -2.08. The van der Waals surface area contributed by atoms with E-state index in [1.807, 2.05) is 0 Å². The highest BCUT2D eigenvalue weighted by Gasteiger charge is 2.39. The van der Waals surface area contributed by atoms with Gasteiger partial charge in [-0.25, -0.2) is 13.3 Å². The van der Waals surface area contributed by atoms with Crippen LogP contribution in [0.2, 0.25) is 0 Å². The lowest BCUT2D eigenvalue weighted by atomic mass is 10.2. The highest BCUT2D eigenvalue weighted by molar-refractivity contribution is 7.86. The molecule has 0 N–H and O–H groups in total. The average molecular weight is 426 g/mol. The van der Waals surface area contributed by atoms with E-state index < -0.39 is 26.9 Å². The predicted molar refractivity (Wildman–Crippen MR) is 70.7 cm³/mol. The number of nitro groups is 1. The van der Waals surface area contributed by atoms with Crippen molar-refractivity contribution >= 4 is 26.8 Å². The Hall–Kier alpha value is -2.69. The van der Waals surface area contributed by atoms with Gasteiger partial charge in [-0.1, -0.05) is 0 Å². The zero-order chi connectivity index (χ0) is 21.4. The molecule has 0 bridgehead atoms. The molecule has 0 saturated heterocycles. The number of halogens is 6. The Labute approximate surface area is 145 Å². The van der Waals surface area contributed by atoms with Crippen LogP contribution in [-0.4, -0.2) is 39.8 Å². The van der Waals surface area contributed by atoms with Crippen LogP contribution in [0.1, 0.15) is 5.56 Å². The maximum atomic E-state index is 12.2. The Morgan fingerprint density at radius 2 is 1.70 bits per heavy atom. The third kappa shape index (κ3) is 5.64. The fraction of sp³-hybridized carbons (Fsp3) is 0.400. The molecule has 0 unspecified atom stereocenters. The minimum absolute atomic E-state index is 0.0557. The van der Waals surface area contributed by atoms with Crippen molar-refractivity contribution in [2.45, 2.75) is 18.8 Å². The van der Waals surface area contributed by atoms with E-state index in [1.165, 1.54) is 26.1 Å². The van der Waals surface area contributed by atoms with Crippen molar-refractivity contribution in [3.8, 4) is 0 Å². The molecule has 17 heteroatoms. The second kappa shape index (κ2) is 7.14. The second-order valence-corrected chi connectivity index (χ2v) is 6.10. The molecule has 152 valence electrons. The Balaban J connectivity index is 0.000000387. The first kappa shape index (κ1) is 22.4. The second-order valence-electron chi connectivity index (χ2n) is 4.73. The van der Waals surface area contributed by atoms with E-state index in [2.05, 4.69) is 10.1 Å². The van der Waals surface area contributed by atoms with E-state index >= 15 is 0 Å². The highest BCUT2D eigenvalue weighted by atomic mass is 32.2. The van der Waals surface area contributed by atoms with E-state index in [-0.39, 0.29) is 21.6 Å². The summed E-state index contributed by atoms with van der Waals surface area (Å²) in [6, 6.07) is 2.57. The van der Waals surface area contributed by atoms with Crippen LogP contribution in [0.15, 0.2) is 12.1 Å². The summed E-state index contributed by atoms with van der Waals surface area (Å²) >= 11 is 0. The number of alkyl halides is 6. The number of non-ortho nitro benzene ring substituents is 1. The number of rotatable bonds is 2. The van der Waals surface area contributed by atoms with E-state index in [4.69, 9.17) is 13.0 Å². The number of nitrogens with zero attached hydrogens (tertiary/aromatic N) is 4. The Morgan fingerprint density at radius 1 is 1.22 bits per heavy atom. The molecule has 0 aliphatic heterocycles. The van der Waals surface area contributed by atoms with Crippen LogP contribution in [0.3, 0.4) is 0 Å². The monoisotopic (exact) mass is 426 g/mol. The SMILES string of the molecule is Cc1cc([N+](=O)[O-])c2c(c1)n(OC(F)(F)F)n[n+]2C.O=S(=O)([O-])C(F)(F)F. The Kier molecular flexibility index (Phi) is 5.91. The summed E-state index contributed by atoms with van der Waals surface area (Å²) in [4.78, 5) is 14.1. The number of fused-ring (bicyclic) bond motifs is 1. The first-order valence-electron chi connectivity index (χ1n) is 6.26. The van der Waals surface area contributed by atoms with Crippen LogP contribution in [0.25, 0.3) is 11.0 Å². The third-order valence-corrected chi connectivity index (χ3v) is 3.20. The summed E-state index contributed by atoms with van der Waals surface area (Å²) in [6.45, 7) is 1.53. The van der Waals surface area contributed by atoms with Gasteiger partial charge < -0.3 is 4.55 Å². The molecule has 27 heavy (non-hydrogen) atoms. The van der Waals surface area contributed by atoms with Crippen LogP contribution in [0.4, 0.5) is 32.0 Å². The van der Waals surface area contributed by atoms with E-state index in [9.17, 15) is 36.5 Å². The van der Waals surface area contributed by atoms with Gasteiger partial charge in [0.1, 0.15) is 12.3 Å². The molecule has 10 nitrogen and oxygen atoms in total. The molecule has 0 saturated carbocycles. The fourth-order valence-electron chi connectivity index (χ4n) is 1.74. The lowest BCUT2D eigenvalue weighted by Crippen LogP contribution is -2.35. The van der Waals surface area contributed by atoms with Gasteiger partial charge in [0.15, 0.2) is 10.1 Å². The maximum absolute atomic E-state index is 12.2. The first-order valence-corrected chi connectivity index (χ1v) is 7.67. The first-order chi connectivity index (χ1) is 11.9. The van der Waals surface area contributed by atoms with Gasteiger partial charge in [0.05, 0.1) is 9.77 Å². The molecule has 0 radical (unpaired) electrons. The van der Waals surface area contributed by atoms with Gasteiger partial charge in [0.2, 0.25) is 0 Å². The van der Waals surface area contributed by atoms with Gasteiger partial charge >= 0.3 is 17.6 Å². The molecular weight excluding hydrogens is 418 g/mol. The number of nitro benzene ring substituents is 1. The van der Waals surface area contributed by atoms with Gasteiger partial charge in [-0.3, -0.25) is 10.1 Å². The number of hydrogen-bond donors (Lipinski definition) is 0. The Morgan fingerprint density at radius 3 is 2.07 bits per heavy atom. The normalized spacial score (nSPS) is 12.5. The van der Waals surface area contributed by atoms with Crippen LogP contribution < -0.4 is 9.52 Å². The summed E-state index contributed by atoms with van der Waals surface area (Å²) in [5, 5.41) is 14.4. The maximum Gasteiger partial charge on any atom is 0.610 e. The third-order valence-electron chi connectivity index (χ3n) is 2.63. The molecule has 0 aliphatic carbocycles. The fourth-order valence-corrected chi connectivity index (χ4v) is 1.74. The number of aryl methyl sites for hydroxylation is 2. The van der Waals surface area contributed by atoms with Gasteiger partial charge in [-0.15, -0.1) is 17.9 Å². The largest absolute Gasteiger partial charge is 0.741 e. The van der Waals surface area contributed by atoms with Crippen LogP contribution in [0.5, 0.6) is 0 Å². The Bertz CT molecular complexity index is 967. The zero-order valence-electron chi connectivity index (χ0n) is 13.1. The topological polar surface area (TPSA) is 131 Å². The highest BCUT2D eigenvalue weighted by Crippen LogP contribution is 2.25. The molecule has 2 rings (SSSR count). The van der Waals surface area contributed by atoms with Crippen molar-refractivity contribution in [3.05, 3.63) is 27.8 Å². The minimum Gasteiger partial charge on any atom is -0.741 e. The van der Waals surface area contributed by atoms with Crippen LogP contribution in [0, 0.1) is 17.0 Å². The van der Waals surface area contributed by atoms with E-state index in [0.29, 0.717) is 5.56 Å². The number of benzene rings is 1. The molecule has 2 aromatic rings. The molecule has 0 fully saturated rings. The van der Waals surface area contributed by atoms with Crippen molar-refractivity contribution in [3.63, 3.8) is 0 Å². The smallest absolute Gasteiger partial charge is 0.610 e. The predicted octanol–water partition coefficient (Wildman–Crippen LogP) is 1.08. The van der Waals surface area contributed by atoms with Crippen molar-refractivity contribution in [1.29, 1.82) is 0 Å². The summed E-state index contributed by atoms with van der Waals surface area (Å²) < 4.78 is 96.5. The molecule has 0 aliphatic rings. The standard InChI is InChI=1S/C9H8F3N4O3.CHF3O3S/c1-5-3-6-8(7(4-5)16(17)18)14(2)13-15(6)19-9(10,11)12;2-1(3,4)8(5,6)7/h3-4H,1-2H3;(H,5,6,7)/q+1;/p-1. The summed E-state index contributed by atoms with van der Waals surface area (Å²) in [5.74, 6) is 0. The van der Waals surface area contributed by atoms with Gasteiger partial charge in [0, 0.05) is 6.07 Å². The molecule has 1 heterocycles. The average Bonchev–Trinajstić information content (AvgIpc) is 2.70. The van der Waals surface area contributed by atoms with Crippen molar-refractivity contribution in [2.75, 3.05) is 0 Å². The number of aromatic nitrogens is 3. The minimum atomic E-state index is -6.09.